The molecule has 0 aliphatic heterocycles. The van der Waals surface area contributed by atoms with Crippen molar-refractivity contribution >= 4 is 11.7 Å². The normalized spacial score (nSPS) is 13.4. The number of carbonyl (C=O) groups excluding carboxylic acids is 2. The van der Waals surface area contributed by atoms with Gasteiger partial charge in [-0.25, -0.2) is 4.79 Å². The van der Waals surface area contributed by atoms with Crippen molar-refractivity contribution in [3.8, 4) is 0 Å². The van der Waals surface area contributed by atoms with Crippen LogP contribution in [0.1, 0.15) is 22.8 Å². The van der Waals surface area contributed by atoms with Gasteiger partial charge in [0.05, 0.1) is 14.0 Å². The molecule has 0 N–H and O–H groups in total. The van der Waals surface area contributed by atoms with Crippen LogP contribution in [0, 0.1) is 0 Å². The van der Waals surface area contributed by atoms with Gasteiger partial charge < -0.3 is 0 Å². The third-order valence-corrected chi connectivity index (χ3v) is 3.72. The number of likely N-dealkylation sites (N-methyl/N-ethyl adjacent to an activating group) is 1. The molecule has 2 aromatic carbocycles. The summed E-state index contributed by atoms with van der Waals surface area (Å²) in [6.07, 6.45) is 0. The minimum atomic E-state index is -0.0110. The van der Waals surface area contributed by atoms with E-state index >= 15 is 0 Å². The monoisotopic (exact) mass is 282 g/mol. The first-order valence-corrected chi connectivity index (χ1v) is 6.99. The zero-order chi connectivity index (χ0) is 15.3. The van der Waals surface area contributed by atoms with Crippen molar-refractivity contribution in [3.05, 3.63) is 71.8 Å². The average molecular weight is 282 g/mol. The van der Waals surface area contributed by atoms with E-state index in [1.807, 2.05) is 55.6 Å². The zero-order valence-electron chi connectivity index (χ0n) is 12.5. The Morgan fingerprint density at radius 2 is 1.43 bits per heavy atom. The largest absolute Gasteiger partial charge is 0.311 e. The second-order valence-corrected chi connectivity index (χ2v) is 5.51. The van der Waals surface area contributed by atoms with E-state index < -0.39 is 0 Å². The van der Waals surface area contributed by atoms with Crippen LogP contribution in [-0.2, 0) is 11.3 Å². The van der Waals surface area contributed by atoms with Crippen molar-refractivity contribution in [1.82, 2.24) is 0 Å². The number of hydrogen-bond acceptors (Lipinski definition) is 2. The molecule has 0 aliphatic rings. The molecule has 21 heavy (non-hydrogen) atoms. The van der Waals surface area contributed by atoms with Gasteiger partial charge in [0.15, 0.2) is 0 Å². The maximum Gasteiger partial charge on any atom is 0.311 e. The predicted molar refractivity (Wildman–Crippen MR) is 82.7 cm³/mol. The van der Waals surface area contributed by atoms with Crippen LogP contribution in [0.2, 0.25) is 0 Å². The molecule has 0 fully saturated rings. The van der Waals surface area contributed by atoms with Crippen molar-refractivity contribution in [2.75, 3.05) is 13.6 Å². The van der Waals surface area contributed by atoms with Crippen molar-refractivity contribution in [2.45, 2.75) is 13.5 Å². The molecule has 0 heterocycles. The Morgan fingerprint density at radius 1 is 0.905 bits per heavy atom. The van der Waals surface area contributed by atoms with Crippen LogP contribution in [0.15, 0.2) is 60.7 Å². The van der Waals surface area contributed by atoms with Crippen LogP contribution in [0.5, 0.6) is 0 Å². The van der Waals surface area contributed by atoms with Gasteiger partial charge in [-0.3, -0.25) is 9.28 Å². The minimum Gasteiger partial charge on any atom is -0.288 e. The average Bonchev–Trinajstić information content (AvgIpc) is 2.49. The predicted octanol–water partition coefficient (Wildman–Crippen LogP) is 3.06. The Labute approximate surface area is 125 Å². The van der Waals surface area contributed by atoms with Gasteiger partial charge in [0.25, 0.3) is 0 Å². The molecular formula is C18H20NO2+. The number of nitrogens with zero attached hydrogens (tertiary/aromatic N) is 1. The van der Waals surface area contributed by atoms with Gasteiger partial charge in [-0.15, -0.1) is 0 Å². The van der Waals surface area contributed by atoms with Crippen molar-refractivity contribution in [3.63, 3.8) is 0 Å². The van der Waals surface area contributed by atoms with Crippen LogP contribution in [0.25, 0.3) is 0 Å². The van der Waals surface area contributed by atoms with Crippen LogP contribution in [0.3, 0.4) is 0 Å². The third kappa shape index (κ3) is 3.86. The fourth-order valence-electron chi connectivity index (χ4n) is 2.30. The molecule has 0 saturated heterocycles. The summed E-state index contributed by atoms with van der Waals surface area (Å²) in [5.41, 5.74) is 1.70. The van der Waals surface area contributed by atoms with Crippen LogP contribution < -0.4 is 0 Å². The van der Waals surface area contributed by atoms with Gasteiger partial charge in [-0.05, 0) is 0 Å². The summed E-state index contributed by atoms with van der Waals surface area (Å²) in [5.74, 6) is -0.0210. The first-order chi connectivity index (χ1) is 10.0. The maximum absolute atomic E-state index is 12.4. The summed E-state index contributed by atoms with van der Waals surface area (Å²) in [6.45, 7) is 2.24. The lowest BCUT2D eigenvalue weighted by Gasteiger charge is -2.30. The second-order valence-electron chi connectivity index (χ2n) is 5.51. The molecule has 1 amide bonds. The highest BCUT2D eigenvalue weighted by Gasteiger charge is 2.31. The molecule has 3 nitrogen and oxygen atoms in total. The van der Waals surface area contributed by atoms with Crippen LogP contribution in [-0.4, -0.2) is 29.8 Å². The molecule has 1 unspecified atom stereocenters. The maximum atomic E-state index is 12.4. The summed E-state index contributed by atoms with van der Waals surface area (Å²) in [5, 5.41) is 0. The Kier molecular flexibility index (Phi) is 4.66. The number of Topliss-reactive ketones (excluding diaryl/α,β-unsaturated/α-hetero) is 1. The van der Waals surface area contributed by atoms with Gasteiger partial charge in [-0.1, -0.05) is 60.7 Å². The summed E-state index contributed by atoms with van der Waals surface area (Å²) in [4.78, 5) is 24.4. The molecule has 3 heteroatoms. The smallest absolute Gasteiger partial charge is 0.288 e. The Hall–Kier alpha value is -2.26. The molecule has 0 bridgehead atoms. The Bertz CT molecular complexity index is 622. The van der Waals surface area contributed by atoms with E-state index in [0.717, 1.165) is 5.56 Å². The summed E-state index contributed by atoms with van der Waals surface area (Å²) in [6, 6.07) is 18.9. The van der Waals surface area contributed by atoms with E-state index in [2.05, 4.69) is 0 Å². The first-order valence-electron chi connectivity index (χ1n) is 6.99. The molecule has 0 aromatic heterocycles. The summed E-state index contributed by atoms with van der Waals surface area (Å²) >= 11 is 0. The highest BCUT2D eigenvalue weighted by atomic mass is 16.2. The molecule has 2 rings (SSSR count). The number of quaternary nitrogens is 1. The van der Waals surface area contributed by atoms with Gasteiger partial charge in [0, 0.05) is 11.1 Å². The van der Waals surface area contributed by atoms with E-state index in [-0.39, 0.29) is 22.7 Å². The van der Waals surface area contributed by atoms with Crippen molar-refractivity contribution in [2.24, 2.45) is 0 Å². The number of amides is 1. The topological polar surface area (TPSA) is 34.1 Å². The molecule has 0 radical (unpaired) electrons. The van der Waals surface area contributed by atoms with Crippen molar-refractivity contribution in [1.29, 1.82) is 0 Å². The van der Waals surface area contributed by atoms with Gasteiger partial charge in [0.1, 0.15) is 13.1 Å². The summed E-state index contributed by atoms with van der Waals surface area (Å²) in [7, 11) is 1.82. The highest BCUT2D eigenvalue weighted by molar-refractivity contribution is 5.97. The van der Waals surface area contributed by atoms with Crippen molar-refractivity contribution < 1.29 is 14.1 Å². The lowest BCUT2D eigenvalue weighted by Crippen LogP contribution is -2.50. The van der Waals surface area contributed by atoms with Gasteiger partial charge in [0.2, 0.25) is 5.78 Å². The highest BCUT2D eigenvalue weighted by Crippen LogP contribution is 2.14. The fourth-order valence-corrected chi connectivity index (χ4v) is 2.30. The van der Waals surface area contributed by atoms with E-state index in [9.17, 15) is 9.59 Å². The van der Waals surface area contributed by atoms with E-state index in [1.165, 1.54) is 0 Å². The fraction of sp³-hybridized carbons (Fsp3) is 0.222. The number of ketones is 1. The SMILES string of the molecule is CC(=O)[N+](C)(CC(=O)c1ccccc1)Cc1ccccc1. The minimum absolute atomic E-state index is 0.00997. The van der Waals surface area contributed by atoms with Gasteiger partial charge >= 0.3 is 5.91 Å². The molecule has 0 aliphatic carbocycles. The Balaban J connectivity index is 2.19. The van der Waals surface area contributed by atoms with Crippen LogP contribution in [0.4, 0.5) is 0 Å². The summed E-state index contributed by atoms with van der Waals surface area (Å²) < 4.78 is 0.0811. The molecule has 108 valence electrons. The molecule has 0 spiro atoms. The van der Waals surface area contributed by atoms with E-state index in [0.29, 0.717) is 12.1 Å². The molecular weight excluding hydrogens is 262 g/mol. The quantitative estimate of drug-likeness (QED) is 0.624. The van der Waals surface area contributed by atoms with Crippen LogP contribution >= 0.6 is 0 Å². The van der Waals surface area contributed by atoms with E-state index in [4.69, 9.17) is 0 Å². The second kappa shape index (κ2) is 6.46. The first kappa shape index (κ1) is 15.1. The zero-order valence-corrected chi connectivity index (χ0v) is 12.5. The molecule has 0 saturated carbocycles. The standard InChI is InChI=1S/C18H20NO2/c1-15(20)19(2,13-16-9-5-3-6-10-16)14-18(21)17-11-7-4-8-12-17/h3-12H,13-14H2,1-2H3/q+1. The number of benzene rings is 2. The lowest BCUT2D eigenvalue weighted by atomic mass is 10.1. The lowest BCUT2D eigenvalue weighted by molar-refractivity contribution is -0.838. The number of rotatable bonds is 5. The number of hydrogen-bond donors (Lipinski definition) is 0. The number of carbonyl (C=O) groups is 2. The van der Waals surface area contributed by atoms with E-state index in [1.54, 1.807) is 19.1 Å². The Morgan fingerprint density at radius 3 is 1.95 bits per heavy atom. The third-order valence-electron chi connectivity index (χ3n) is 3.72. The van der Waals surface area contributed by atoms with Gasteiger partial charge in [-0.2, -0.15) is 0 Å². The molecule has 1 atom stereocenters. The molecule has 2 aromatic rings.